The van der Waals surface area contributed by atoms with Gasteiger partial charge in [0.2, 0.25) is 0 Å². The summed E-state index contributed by atoms with van der Waals surface area (Å²) in [5, 5.41) is 15.5. The maximum Gasteiger partial charge on any atom is 0.140 e. The zero-order valence-corrected chi connectivity index (χ0v) is 10.3. The van der Waals surface area contributed by atoms with Crippen molar-refractivity contribution in [2.24, 2.45) is 7.05 Å². The van der Waals surface area contributed by atoms with E-state index >= 15 is 0 Å². The highest BCUT2D eigenvalue weighted by atomic mass is 16.4. The number of aromatic nitrogens is 2. The highest BCUT2D eigenvalue weighted by Gasteiger charge is 2.19. The van der Waals surface area contributed by atoms with Crippen LogP contribution in [0.1, 0.15) is 23.1 Å². The molecule has 2 aromatic heterocycles. The minimum Gasteiger partial charge on any atom is -0.458 e. The summed E-state index contributed by atoms with van der Waals surface area (Å²) in [6.45, 7) is 1.92. The molecule has 0 saturated carbocycles. The van der Waals surface area contributed by atoms with Gasteiger partial charge in [-0.25, -0.2) is 0 Å². The van der Waals surface area contributed by atoms with Crippen molar-refractivity contribution >= 4 is 11.0 Å². The zero-order chi connectivity index (χ0) is 12.7. The van der Waals surface area contributed by atoms with E-state index in [2.05, 4.69) is 5.10 Å². The maximum absolute atomic E-state index is 10.3. The fourth-order valence-electron chi connectivity index (χ4n) is 2.07. The number of hydrogen-bond acceptors (Lipinski definition) is 3. The Kier molecular flexibility index (Phi) is 2.45. The molecule has 4 heteroatoms. The summed E-state index contributed by atoms with van der Waals surface area (Å²) in [7, 11) is 1.85. The summed E-state index contributed by atoms with van der Waals surface area (Å²) in [5.41, 5.74) is 2.49. The number of aliphatic hydroxyl groups excluding tert-OH is 1. The molecule has 0 aliphatic heterocycles. The van der Waals surface area contributed by atoms with Crippen LogP contribution in [0.2, 0.25) is 0 Å². The van der Waals surface area contributed by atoms with Crippen LogP contribution in [-0.2, 0) is 7.05 Å². The molecule has 0 aliphatic carbocycles. The summed E-state index contributed by atoms with van der Waals surface area (Å²) in [4.78, 5) is 0. The Hall–Kier alpha value is -2.07. The topological polar surface area (TPSA) is 51.2 Å². The van der Waals surface area contributed by atoms with Crippen molar-refractivity contribution in [1.29, 1.82) is 0 Å². The van der Waals surface area contributed by atoms with Crippen LogP contribution in [0, 0.1) is 6.92 Å². The summed E-state index contributed by atoms with van der Waals surface area (Å²) >= 11 is 0. The fraction of sp³-hybridized carbons (Fsp3) is 0.214. The Balaban J connectivity index is 2.06. The minimum absolute atomic E-state index is 0.548. The van der Waals surface area contributed by atoms with E-state index < -0.39 is 6.10 Å². The first-order valence-corrected chi connectivity index (χ1v) is 5.82. The number of para-hydroxylation sites is 1. The van der Waals surface area contributed by atoms with Crippen molar-refractivity contribution in [3.05, 3.63) is 53.5 Å². The van der Waals surface area contributed by atoms with Gasteiger partial charge in [-0.2, -0.15) is 5.10 Å². The van der Waals surface area contributed by atoms with E-state index in [9.17, 15) is 5.11 Å². The minimum atomic E-state index is -0.772. The normalized spacial score (nSPS) is 13.1. The molecule has 0 bridgehead atoms. The molecule has 1 N–H and O–H groups in total. The molecule has 3 rings (SSSR count). The third-order valence-corrected chi connectivity index (χ3v) is 3.28. The lowest BCUT2D eigenvalue weighted by atomic mass is 10.1. The number of hydrogen-bond donors (Lipinski definition) is 1. The van der Waals surface area contributed by atoms with E-state index in [-0.39, 0.29) is 0 Å². The van der Waals surface area contributed by atoms with E-state index in [1.165, 1.54) is 0 Å². The van der Waals surface area contributed by atoms with Gasteiger partial charge in [0.25, 0.3) is 0 Å². The van der Waals surface area contributed by atoms with Crippen molar-refractivity contribution in [1.82, 2.24) is 9.78 Å². The van der Waals surface area contributed by atoms with E-state index in [0.717, 1.165) is 22.2 Å². The first kappa shape index (κ1) is 11.0. The third kappa shape index (κ3) is 1.62. The third-order valence-electron chi connectivity index (χ3n) is 3.28. The number of benzene rings is 1. The van der Waals surface area contributed by atoms with Crippen LogP contribution in [0.5, 0.6) is 0 Å². The average Bonchev–Trinajstić information content (AvgIpc) is 2.94. The molecule has 0 aliphatic rings. The van der Waals surface area contributed by atoms with Gasteiger partial charge in [-0.3, -0.25) is 4.68 Å². The molecular weight excluding hydrogens is 228 g/mol. The SMILES string of the molecule is Cc1c(C(O)c2cc3ccccc3o2)cnn1C. The number of nitrogens with zero attached hydrogens (tertiary/aromatic N) is 2. The summed E-state index contributed by atoms with van der Waals surface area (Å²) in [6, 6.07) is 9.58. The van der Waals surface area contributed by atoms with E-state index in [1.54, 1.807) is 10.9 Å². The second-order valence-corrected chi connectivity index (χ2v) is 4.40. The summed E-state index contributed by atoms with van der Waals surface area (Å²) < 4.78 is 7.40. The molecule has 0 radical (unpaired) electrons. The van der Waals surface area contributed by atoms with Gasteiger partial charge in [-0.05, 0) is 19.1 Å². The molecule has 0 spiro atoms. The second-order valence-electron chi connectivity index (χ2n) is 4.40. The van der Waals surface area contributed by atoms with E-state index in [0.29, 0.717) is 5.76 Å². The molecule has 18 heavy (non-hydrogen) atoms. The lowest BCUT2D eigenvalue weighted by Gasteiger charge is -2.06. The molecule has 1 atom stereocenters. The quantitative estimate of drug-likeness (QED) is 0.751. The van der Waals surface area contributed by atoms with Crippen molar-refractivity contribution in [2.75, 3.05) is 0 Å². The predicted octanol–water partition coefficient (Wildman–Crippen LogP) is 2.56. The van der Waals surface area contributed by atoms with Gasteiger partial charge in [-0.15, -0.1) is 0 Å². The molecule has 1 aromatic carbocycles. The highest BCUT2D eigenvalue weighted by Crippen LogP contribution is 2.29. The van der Waals surface area contributed by atoms with Crippen molar-refractivity contribution in [2.45, 2.75) is 13.0 Å². The van der Waals surface area contributed by atoms with Crippen LogP contribution >= 0.6 is 0 Å². The molecule has 1 unspecified atom stereocenters. The van der Waals surface area contributed by atoms with Crippen LogP contribution in [0.15, 0.2) is 40.9 Å². The van der Waals surface area contributed by atoms with E-state index in [4.69, 9.17) is 4.42 Å². The average molecular weight is 242 g/mol. The molecule has 0 fully saturated rings. The second kappa shape index (κ2) is 3.99. The number of rotatable bonds is 2. The summed E-state index contributed by atoms with van der Waals surface area (Å²) in [6.07, 6.45) is 0.902. The number of aliphatic hydroxyl groups is 1. The Morgan fingerprint density at radius 3 is 2.78 bits per heavy atom. The van der Waals surface area contributed by atoms with Gasteiger partial charge < -0.3 is 9.52 Å². The lowest BCUT2D eigenvalue weighted by Crippen LogP contribution is -2.00. The fourth-order valence-corrected chi connectivity index (χ4v) is 2.07. The Bertz CT molecular complexity index is 664. The van der Waals surface area contributed by atoms with Crippen LogP contribution in [0.3, 0.4) is 0 Å². The zero-order valence-electron chi connectivity index (χ0n) is 10.3. The molecule has 0 amide bonds. The Morgan fingerprint density at radius 2 is 2.11 bits per heavy atom. The van der Waals surface area contributed by atoms with Gasteiger partial charge in [0.05, 0.1) is 6.20 Å². The monoisotopic (exact) mass is 242 g/mol. The number of aryl methyl sites for hydroxylation is 1. The van der Waals surface area contributed by atoms with Crippen molar-refractivity contribution < 1.29 is 9.52 Å². The van der Waals surface area contributed by atoms with Gasteiger partial charge >= 0.3 is 0 Å². The predicted molar refractivity (Wildman–Crippen MR) is 68.2 cm³/mol. The van der Waals surface area contributed by atoms with Gasteiger partial charge in [0.1, 0.15) is 17.4 Å². The highest BCUT2D eigenvalue weighted by molar-refractivity contribution is 5.77. The molecule has 2 heterocycles. The van der Waals surface area contributed by atoms with E-state index in [1.807, 2.05) is 44.3 Å². The molecule has 0 saturated heterocycles. The number of furan rings is 1. The molecule has 92 valence electrons. The summed E-state index contributed by atoms with van der Waals surface area (Å²) in [5.74, 6) is 0.548. The first-order chi connectivity index (χ1) is 8.66. The van der Waals surface area contributed by atoms with Crippen LogP contribution < -0.4 is 0 Å². The Labute approximate surface area is 104 Å². The van der Waals surface area contributed by atoms with Crippen LogP contribution in [0.4, 0.5) is 0 Å². The first-order valence-electron chi connectivity index (χ1n) is 5.82. The van der Waals surface area contributed by atoms with Gasteiger partial charge in [0, 0.05) is 23.7 Å². The lowest BCUT2D eigenvalue weighted by molar-refractivity contribution is 0.191. The van der Waals surface area contributed by atoms with Crippen molar-refractivity contribution in [3.8, 4) is 0 Å². The largest absolute Gasteiger partial charge is 0.458 e. The van der Waals surface area contributed by atoms with Gasteiger partial charge in [0.15, 0.2) is 0 Å². The maximum atomic E-state index is 10.3. The standard InChI is InChI=1S/C14H14N2O2/c1-9-11(8-15-16(9)2)14(17)13-7-10-5-3-4-6-12(10)18-13/h3-8,14,17H,1-2H3. The smallest absolute Gasteiger partial charge is 0.140 e. The van der Waals surface area contributed by atoms with Crippen LogP contribution in [-0.4, -0.2) is 14.9 Å². The molecular formula is C14H14N2O2. The molecule has 3 aromatic rings. The van der Waals surface area contributed by atoms with Crippen LogP contribution in [0.25, 0.3) is 11.0 Å². The van der Waals surface area contributed by atoms with Gasteiger partial charge in [-0.1, -0.05) is 18.2 Å². The Morgan fingerprint density at radius 1 is 1.33 bits per heavy atom. The van der Waals surface area contributed by atoms with Crippen molar-refractivity contribution in [3.63, 3.8) is 0 Å². The number of fused-ring (bicyclic) bond motifs is 1. The molecule has 4 nitrogen and oxygen atoms in total.